The predicted molar refractivity (Wildman–Crippen MR) is 100 cm³/mol. The van der Waals surface area contributed by atoms with E-state index in [9.17, 15) is 4.79 Å². The molecule has 5 heteroatoms. The van der Waals surface area contributed by atoms with Crippen LogP contribution in [0, 0.1) is 0 Å². The lowest BCUT2D eigenvalue weighted by atomic mass is 10.1. The number of nitrogens with one attached hydrogen (secondary N) is 1. The van der Waals surface area contributed by atoms with Gasteiger partial charge < -0.3 is 15.2 Å². The van der Waals surface area contributed by atoms with Crippen molar-refractivity contribution in [2.75, 3.05) is 0 Å². The van der Waals surface area contributed by atoms with Gasteiger partial charge >= 0.3 is 6.09 Å². The van der Waals surface area contributed by atoms with Crippen molar-refractivity contribution in [2.45, 2.75) is 73.5 Å². The molecule has 1 atom stereocenters. The molecule has 0 saturated carbocycles. The van der Waals surface area contributed by atoms with E-state index in [4.69, 9.17) is 14.6 Å². The third-order valence-electron chi connectivity index (χ3n) is 2.57. The van der Waals surface area contributed by atoms with Crippen LogP contribution in [-0.4, -0.2) is 23.7 Å². The SMILES string of the molecule is CC.CC.CCCCC(C)NC(=O)OCc1ccccc1.O=CO. The van der Waals surface area contributed by atoms with E-state index in [0.29, 0.717) is 6.61 Å². The summed E-state index contributed by atoms with van der Waals surface area (Å²) < 4.78 is 5.13. The van der Waals surface area contributed by atoms with Gasteiger partial charge in [0, 0.05) is 6.04 Å². The van der Waals surface area contributed by atoms with Crippen molar-refractivity contribution in [1.29, 1.82) is 0 Å². The minimum atomic E-state index is -0.336. The number of benzene rings is 1. The third kappa shape index (κ3) is 20.0. The first-order valence-corrected chi connectivity index (χ1v) is 8.69. The van der Waals surface area contributed by atoms with Crippen LogP contribution in [0.15, 0.2) is 30.3 Å². The van der Waals surface area contributed by atoms with Crippen molar-refractivity contribution in [3.05, 3.63) is 35.9 Å². The van der Waals surface area contributed by atoms with Gasteiger partial charge in [-0.25, -0.2) is 4.79 Å². The van der Waals surface area contributed by atoms with Crippen LogP contribution in [0.2, 0.25) is 0 Å². The molecule has 1 unspecified atom stereocenters. The zero-order valence-electron chi connectivity index (χ0n) is 16.0. The highest BCUT2D eigenvalue weighted by Crippen LogP contribution is 2.02. The number of rotatable bonds is 6. The summed E-state index contributed by atoms with van der Waals surface area (Å²) in [6.07, 6.45) is 2.93. The summed E-state index contributed by atoms with van der Waals surface area (Å²) in [5.41, 5.74) is 1.00. The topological polar surface area (TPSA) is 75.6 Å². The molecular weight excluding hydrogens is 306 g/mol. The van der Waals surface area contributed by atoms with Crippen molar-refractivity contribution in [2.24, 2.45) is 0 Å². The number of ether oxygens (including phenoxy) is 1. The molecule has 1 aromatic carbocycles. The second-order valence-corrected chi connectivity index (χ2v) is 4.35. The number of carbonyl (C=O) groups excluding carboxylic acids is 1. The molecule has 5 nitrogen and oxygen atoms in total. The molecule has 1 amide bonds. The van der Waals surface area contributed by atoms with Crippen LogP contribution in [-0.2, 0) is 16.1 Å². The van der Waals surface area contributed by atoms with Gasteiger partial charge in [0.25, 0.3) is 6.47 Å². The van der Waals surface area contributed by atoms with Crippen molar-refractivity contribution in [1.82, 2.24) is 5.32 Å². The molecular formula is C19H35NO4. The van der Waals surface area contributed by atoms with Gasteiger partial charge in [0.05, 0.1) is 0 Å². The first kappa shape index (κ1) is 26.8. The van der Waals surface area contributed by atoms with Crippen LogP contribution in [0.4, 0.5) is 4.79 Å². The summed E-state index contributed by atoms with van der Waals surface area (Å²) in [5, 5.41) is 9.71. The zero-order valence-corrected chi connectivity index (χ0v) is 16.0. The maximum atomic E-state index is 11.5. The number of hydrogen-bond donors (Lipinski definition) is 2. The van der Waals surface area contributed by atoms with Crippen LogP contribution in [0.25, 0.3) is 0 Å². The standard InChI is InChI=1S/C14H21NO2.2C2H6.CH2O2/c1-3-4-8-12(2)15-14(16)17-11-13-9-6-5-7-10-13;2*1-2;2-1-3/h5-7,9-10,12H,3-4,8,11H2,1-2H3,(H,15,16);2*1-2H3;1H,(H,2,3). The normalized spacial score (nSPS) is 9.42. The second kappa shape index (κ2) is 23.2. The van der Waals surface area contributed by atoms with Gasteiger partial charge in [-0.05, 0) is 18.9 Å². The zero-order chi connectivity index (χ0) is 19.2. The molecule has 1 rings (SSSR count). The fraction of sp³-hybridized carbons (Fsp3) is 0.579. The highest BCUT2D eigenvalue weighted by Gasteiger charge is 2.07. The Balaban J connectivity index is -0.000000549. The Morgan fingerprint density at radius 2 is 1.71 bits per heavy atom. The highest BCUT2D eigenvalue weighted by atomic mass is 16.5. The van der Waals surface area contributed by atoms with E-state index in [1.54, 1.807) is 0 Å². The van der Waals surface area contributed by atoms with Crippen molar-refractivity contribution in [3.8, 4) is 0 Å². The summed E-state index contributed by atoms with van der Waals surface area (Å²) in [5.74, 6) is 0. The fourth-order valence-corrected chi connectivity index (χ4v) is 1.55. The molecule has 0 aromatic heterocycles. The lowest BCUT2D eigenvalue weighted by molar-refractivity contribution is -0.122. The molecule has 1 aromatic rings. The summed E-state index contributed by atoms with van der Waals surface area (Å²) >= 11 is 0. The number of amides is 1. The van der Waals surface area contributed by atoms with E-state index < -0.39 is 0 Å². The maximum Gasteiger partial charge on any atom is 0.407 e. The minimum Gasteiger partial charge on any atom is -0.483 e. The van der Waals surface area contributed by atoms with E-state index in [-0.39, 0.29) is 18.6 Å². The minimum absolute atomic E-state index is 0.179. The van der Waals surface area contributed by atoms with Gasteiger partial charge in [-0.3, -0.25) is 4.79 Å². The van der Waals surface area contributed by atoms with E-state index in [1.165, 1.54) is 0 Å². The molecule has 0 aliphatic heterocycles. The Labute approximate surface area is 147 Å². The van der Waals surface area contributed by atoms with Crippen molar-refractivity contribution < 1.29 is 19.4 Å². The molecule has 0 aliphatic carbocycles. The molecule has 0 aliphatic rings. The van der Waals surface area contributed by atoms with Crippen LogP contribution < -0.4 is 5.32 Å². The Morgan fingerprint density at radius 1 is 1.21 bits per heavy atom. The number of unbranched alkanes of at least 4 members (excludes halogenated alkanes) is 1. The average molecular weight is 341 g/mol. The van der Waals surface area contributed by atoms with Gasteiger partial charge in [-0.1, -0.05) is 77.8 Å². The molecule has 140 valence electrons. The van der Waals surface area contributed by atoms with E-state index in [0.717, 1.165) is 24.8 Å². The van der Waals surface area contributed by atoms with Crippen LogP contribution in [0.3, 0.4) is 0 Å². The van der Waals surface area contributed by atoms with E-state index in [2.05, 4.69) is 12.2 Å². The smallest absolute Gasteiger partial charge is 0.407 e. The van der Waals surface area contributed by atoms with Crippen LogP contribution in [0.1, 0.15) is 66.4 Å². The van der Waals surface area contributed by atoms with E-state index >= 15 is 0 Å². The number of alkyl carbamates (subject to hydrolysis) is 1. The molecule has 0 heterocycles. The van der Waals surface area contributed by atoms with Gasteiger partial charge in [0.15, 0.2) is 0 Å². The summed E-state index contributed by atoms with van der Waals surface area (Å²) in [6, 6.07) is 9.86. The second-order valence-electron chi connectivity index (χ2n) is 4.35. The van der Waals surface area contributed by atoms with Gasteiger partial charge in [-0.2, -0.15) is 0 Å². The lowest BCUT2D eigenvalue weighted by Gasteiger charge is -2.13. The summed E-state index contributed by atoms with van der Waals surface area (Å²) in [7, 11) is 0. The third-order valence-corrected chi connectivity index (χ3v) is 2.57. The highest BCUT2D eigenvalue weighted by molar-refractivity contribution is 5.67. The van der Waals surface area contributed by atoms with Crippen LogP contribution >= 0.6 is 0 Å². The maximum absolute atomic E-state index is 11.5. The number of carbonyl (C=O) groups is 2. The van der Waals surface area contributed by atoms with Gasteiger partial charge in [-0.15, -0.1) is 0 Å². The number of carboxylic acid groups (broad SMARTS) is 1. The molecule has 0 saturated heterocycles. The lowest BCUT2D eigenvalue weighted by Crippen LogP contribution is -2.32. The monoisotopic (exact) mass is 341 g/mol. The largest absolute Gasteiger partial charge is 0.483 e. The number of hydrogen-bond acceptors (Lipinski definition) is 3. The van der Waals surface area contributed by atoms with Crippen LogP contribution in [0.5, 0.6) is 0 Å². The average Bonchev–Trinajstić information content (AvgIpc) is 2.63. The molecule has 0 spiro atoms. The van der Waals surface area contributed by atoms with Gasteiger partial charge in [0.1, 0.15) is 6.61 Å². The fourth-order valence-electron chi connectivity index (χ4n) is 1.55. The molecule has 0 radical (unpaired) electrons. The first-order valence-electron chi connectivity index (χ1n) is 8.69. The van der Waals surface area contributed by atoms with Crippen molar-refractivity contribution in [3.63, 3.8) is 0 Å². The quantitative estimate of drug-likeness (QED) is 0.693. The van der Waals surface area contributed by atoms with Crippen molar-refractivity contribution >= 4 is 12.6 Å². The van der Waals surface area contributed by atoms with E-state index in [1.807, 2.05) is 65.0 Å². The Kier molecular flexibility index (Phi) is 26.0. The summed E-state index contributed by atoms with van der Waals surface area (Å²) in [6.45, 7) is 12.2. The Morgan fingerprint density at radius 3 is 2.17 bits per heavy atom. The molecule has 0 bridgehead atoms. The molecule has 0 fully saturated rings. The molecule has 24 heavy (non-hydrogen) atoms. The first-order chi connectivity index (χ1) is 11.6. The predicted octanol–water partition coefficient (Wildman–Crippen LogP) is 5.24. The Bertz CT molecular complexity index is 369. The molecule has 2 N–H and O–H groups in total. The van der Waals surface area contributed by atoms with Gasteiger partial charge in [0.2, 0.25) is 0 Å². The summed E-state index contributed by atoms with van der Waals surface area (Å²) in [4.78, 5) is 19.8. The Hall–Kier alpha value is -2.04.